The van der Waals surface area contributed by atoms with Crippen LogP contribution >= 0.6 is 11.8 Å². The van der Waals surface area contributed by atoms with E-state index >= 15 is 0 Å². The van der Waals surface area contributed by atoms with Crippen LogP contribution < -0.4 is 11.3 Å². The maximum atomic E-state index is 12.0. The lowest BCUT2D eigenvalue weighted by atomic mass is 10.1. The summed E-state index contributed by atoms with van der Waals surface area (Å²) in [4.78, 5) is 14.7. The maximum Gasteiger partial charge on any atom is 0.278 e. The van der Waals surface area contributed by atoms with Gasteiger partial charge in [-0.25, -0.2) is 0 Å². The number of thioether (sulfide) groups is 1. The molecule has 0 fully saturated rings. The number of benzene rings is 1. The van der Waals surface area contributed by atoms with E-state index in [4.69, 9.17) is 5.73 Å². The number of aromatic nitrogens is 3. The van der Waals surface area contributed by atoms with Crippen LogP contribution in [0.5, 0.6) is 0 Å². The van der Waals surface area contributed by atoms with Gasteiger partial charge in [0.1, 0.15) is 0 Å². The Morgan fingerprint density at radius 3 is 2.63 bits per heavy atom. The van der Waals surface area contributed by atoms with Gasteiger partial charge in [0.25, 0.3) is 5.56 Å². The lowest BCUT2D eigenvalue weighted by Gasteiger charge is -2.02. The van der Waals surface area contributed by atoms with Crippen LogP contribution in [0, 0.1) is 6.92 Å². The Bertz CT molecular complexity index is 594. The van der Waals surface area contributed by atoms with Crippen molar-refractivity contribution in [1.29, 1.82) is 0 Å². The Hall–Kier alpha value is -1.66. The van der Waals surface area contributed by atoms with Crippen molar-refractivity contribution in [2.75, 3.05) is 12.3 Å². The molecule has 1 heterocycles. The Kier molecular flexibility index (Phi) is 4.70. The average molecular weight is 276 g/mol. The third-order valence-electron chi connectivity index (χ3n) is 2.59. The van der Waals surface area contributed by atoms with E-state index in [-0.39, 0.29) is 5.56 Å². The van der Waals surface area contributed by atoms with E-state index in [1.807, 2.05) is 31.2 Å². The Balaban J connectivity index is 2.19. The maximum absolute atomic E-state index is 12.0. The molecule has 1 aromatic heterocycles. The van der Waals surface area contributed by atoms with E-state index in [9.17, 15) is 4.79 Å². The van der Waals surface area contributed by atoms with Crippen molar-refractivity contribution < 1.29 is 0 Å². The molecule has 0 spiro atoms. The minimum Gasteiger partial charge on any atom is -0.330 e. The lowest BCUT2D eigenvalue weighted by Crippen LogP contribution is -2.14. The molecule has 0 saturated heterocycles. The fourth-order valence-corrected chi connectivity index (χ4v) is 2.31. The van der Waals surface area contributed by atoms with Gasteiger partial charge in [-0.3, -0.25) is 9.78 Å². The van der Waals surface area contributed by atoms with Crippen LogP contribution in [0.15, 0.2) is 34.2 Å². The molecule has 0 aliphatic carbocycles. The highest BCUT2D eigenvalue weighted by Crippen LogP contribution is 2.15. The number of nitrogens with zero attached hydrogens (tertiary/aromatic N) is 2. The SMILES string of the molecule is Cc1ccc(-c2nnc(SCCCN)[nH]c2=O)cc1. The van der Waals surface area contributed by atoms with Gasteiger partial charge in [0.05, 0.1) is 0 Å². The first-order valence-corrected chi connectivity index (χ1v) is 7.06. The second-order valence-electron chi connectivity index (χ2n) is 4.16. The van der Waals surface area contributed by atoms with Crippen LogP contribution in [0.1, 0.15) is 12.0 Å². The molecule has 0 bridgehead atoms. The van der Waals surface area contributed by atoms with Gasteiger partial charge < -0.3 is 5.73 Å². The Morgan fingerprint density at radius 1 is 1.26 bits per heavy atom. The summed E-state index contributed by atoms with van der Waals surface area (Å²) >= 11 is 1.46. The molecule has 0 unspecified atom stereocenters. The summed E-state index contributed by atoms with van der Waals surface area (Å²) in [6.07, 6.45) is 0.883. The van der Waals surface area contributed by atoms with E-state index in [0.29, 0.717) is 17.4 Å². The second kappa shape index (κ2) is 6.49. The minimum absolute atomic E-state index is 0.214. The zero-order valence-corrected chi connectivity index (χ0v) is 11.5. The largest absolute Gasteiger partial charge is 0.330 e. The molecule has 1 aromatic carbocycles. The van der Waals surface area contributed by atoms with Gasteiger partial charge in [0.15, 0.2) is 10.9 Å². The highest BCUT2D eigenvalue weighted by molar-refractivity contribution is 7.99. The molecular formula is C13H16N4OS. The first-order valence-electron chi connectivity index (χ1n) is 6.07. The van der Waals surface area contributed by atoms with Crippen LogP contribution in [0.25, 0.3) is 11.3 Å². The van der Waals surface area contributed by atoms with E-state index in [2.05, 4.69) is 15.2 Å². The predicted octanol–water partition coefficient (Wildman–Crippen LogP) is 1.58. The third kappa shape index (κ3) is 3.65. The van der Waals surface area contributed by atoms with Gasteiger partial charge in [0.2, 0.25) is 0 Å². The molecular weight excluding hydrogens is 260 g/mol. The smallest absolute Gasteiger partial charge is 0.278 e. The second-order valence-corrected chi connectivity index (χ2v) is 5.25. The predicted molar refractivity (Wildman–Crippen MR) is 77.2 cm³/mol. The fraction of sp³-hybridized carbons (Fsp3) is 0.308. The molecule has 5 nitrogen and oxygen atoms in total. The van der Waals surface area contributed by atoms with Crippen LogP contribution in [0.2, 0.25) is 0 Å². The topological polar surface area (TPSA) is 84.7 Å². The molecule has 6 heteroatoms. The van der Waals surface area contributed by atoms with Gasteiger partial charge in [-0.15, -0.1) is 10.2 Å². The van der Waals surface area contributed by atoms with Gasteiger partial charge >= 0.3 is 0 Å². The monoisotopic (exact) mass is 276 g/mol. The quantitative estimate of drug-likeness (QED) is 0.640. The average Bonchev–Trinajstić information content (AvgIpc) is 2.41. The van der Waals surface area contributed by atoms with Gasteiger partial charge in [-0.2, -0.15) is 0 Å². The Labute approximate surface area is 115 Å². The first-order chi connectivity index (χ1) is 9.20. The molecule has 2 rings (SSSR count). The van der Waals surface area contributed by atoms with Crippen LogP contribution in [0.4, 0.5) is 0 Å². The summed E-state index contributed by atoms with van der Waals surface area (Å²) in [5.74, 6) is 0.824. The molecule has 0 aliphatic rings. The van der Waals surface area contributed by atoms with Gasteiger partial charge in [0, 0.05) is 11.3 Å². The Morgan fingerprint density at radius 2 is 2.00 bits per heavy atom. The summed E-state index contributed by atoms with van der Waals surface area (Å²) in [6, 6.07) is 7.63. The summed E-state index contributed by atoms with van der Waals surface area (Å²) in [6.45, 7) is 2.63. The summed E-state index contributed by atoms with van der Waals surface area (Å²) in [5, 5.41) is 8.57. The molecule has 19 heavy (non-hydrogen) atoms. The van der Waals surface area contributed by atoms with Gasteiger partial charge in [-0.05, 0) is 19.9 Å². The highest BCUT2D eigenvalue weighted by Gasteiger charge is 2.07. The van der Waals surface area contributed by atoms with E-state index < -0.39 is 0 Å². The number of H-pyrrole nitrogens is 1. The lowest BCUT2D eigenvalue weighted by molar-refractivity contribution is 0.821. The minimum atomic E-state index is -0.214. The van der Waals surface area contributed by atoms with Crippen molar-refractivity contribution in [2.45, 2.75) is 18.5 Å². The van der Waals surface area contributed by atoms with E-state index in [1.54, 1.807) is 0 Å². The summed E-state index contributed by atoms with van der Waals surface area (Å²) in [7, 11) is 0. The standard InChI is InChI=1S/C13H16N4OS/c1-9-3-5-10(6-4-9)11-12(18)15-13(17-16-11)19-8-2-7-14/h3-6H,2,7-8,14H2,1H3,(H,15,17,18). The number of aryl methyl sites for hydroxylation is 1. The van der Waals surface area contributed by atoms with Crippen molar-refractivity contribution in [3.05, 3.63) is 40.2 Å². The molecule has 2 aromatic rings. The molecule has 3 N–H and O–H groups in total. The van der Waals surface area contributed by atoms with Gasteiger partial charge in [-0.1, -0.05) is 41.6 Å². The molecule has 0 saturated carbocycles. The zero-order chi connectivity index (χ0) is 13.7. The van der Waals surface area contributed by atoms with Crippen LogP contribution in [-0.2, 0) is 0 Å². The van der Waals surface area contributed by atoms with Crippen molar-refractivity contribution in [3.63, 3.8) is 0 Å². The highest BCUT2D eigenvalue weighted by atomic mass is 32.2. The number of aromatic amines is 1. The number of nitrogens with two attached hydrogens (primary N) is 1. The number of hydrogen-bond acceptors (Lipinski definition) is 5. The molecule has 0 atom stereocenters. The normalized spacial score (nSPS) is 10.6. The summed E-state index contributed by atoms with van der Waals surface area (Å²) in [5.41, 5.74) is 7.47. The zero-order valence-electron chi connectivity index (χ0n) is 10.7. The van der Waals surface area contributed by atoms with E-state index in [1.165, 1.54) is 11.8 Å². The first kappa shape index (κ1) is 13.8. The number of rotatable bonds is 5. The molecule has 0 aliphatic heterocycles. The van der Waals surface area contributed by atoms with Crippen LogP contribution in [0.3, 0.4) is 0 Å². The number of nitrogens with one attached hydrogen (secondary N) is 1. The van der Waals surface area contributed by atoms with E-state index in [0.717, 1.165) is 23.3 Å². The van der Waals surface area contributed by atoms with Crippen molar-refractivity contribution in [1.82, 2.24) is 15.2 Å². The molecule has 0 amide bonds. The van der Waals surface area contributed by atoms with Crippen molar-refractivity contribution >= 4 is 11.8 Å². The van der Waals surface area contributed by atoms with Crippen LogP contribution in [-0.4, -0.2) is 27.5 Å². The van der Waals surface area contributed by atoms with Crippen molar-refractivity contribution in [3.8, 4) is 11.3 Å². The van der Waals surface area contributed by atoms with Crippen molar-refractivity contribution in [2.24, 2.45) is 5.73 Å². The third-order valence-corrected chi connectivity index (χ3v) is 3.54. The number of hydrogen-bond donors (Lipinski definition) is 2. The fourth-order valence-electron chi connectivity index (χ4n) is 1.54. The summed E-state index contributed by atoms with van der Waals surface area (Å²) < 4.78 is 0. The molecule has 0 radical (unpaired) electrons. The molecule has 100 valence electrons.